The van der Waals surface area contributed by atoms with Gasteiger partial charge in [0.25, 0.3) is 0 Å². The fourth-order valence-electron chi connectivity index (χ4n) is 1.44. The normalized spacial score (nSPS) is 21.8. The zero-order valence-corrected chi connectivity index (χ0v) is 7.79. The van der Waals surface area contributed by atoms with Crippen LogP contribution in [0, 0.1) is 6.92 Å². The topological polar surface area (TPSA) is 34.1 Å². The maximum Gasteiger partial charge on any atom is 0.0668 e. The average Bonchev–Trinajstić information content (AvgIpc) is 2.62. The van der Waals surface area contributed by atoms with Gasteiger partial charge in [-0.3, -0.25) is 4.98 Å². The fourth-order valence-corrected chi connectivity index (χ4v) is 1.44. The van der Waals surface area contributed by atoms with Gasteiger partial charge in [0.15, 0.2) is 0 Å². The molecule has 1 saturated heterocycles. The van der Waals surface area contributed by atoms with E-state index in [2.05, 4.69) is 16.4 Å². The molecule has 1 aromatic rings. The Hall–Kier alpha value is -1.09. The third-order valence-corrected chi connectivity index (χ3v) is 2.21. The monoisotopic (exact) mass is 178 g/mol. The first-order valence-electron chi connectivity index (χ1n) is 4.61. The molecule has 0 spiro atoms. The Bertz CT molecular complexity index is 265. The molecule has 70 valence electrons. The summed E-state index contributed by atoms with van der Waals surface area (Å²) in [5.41, 5.74) is 2.13. The first-order chi connectivity index (χ1) is 6.34. The second kappa shape index (κ2) is 3.75. The highest BCUT2D eigenvalue weighted by molar-refractivity contribution is 5.41. The summed E-state index contributed by atoms with van der Waals surface area (Å²) in [6.07, 6.45) is 2.96. The van der Waals surface area contributed by atoms with E-state index in [1.807, 2.05) is 19.2 Å². The number of nitrogens with one attached hydrogen (secondary N) is 1. The van der Waals surface area contributed by atoms with E-state index in [1.165, 1.54) is 0 Å². The van der Waals surface area contributed by atoms with E-state index in [9.17, 15) is 0 Å². The Balaban J connectivity index is 1.97. The molecule has 13 heavy (non-hydrogen) atoms. The molecule has 1 fully saturated rings. The Labute approximate surface area is 78.1 Å². The summed E-state index contributed by atoms with van der Waals surface area (Å²) in [4.78, 5) is 4.22. The van der Waals surface area contributed by atoms with Crippen LogP contribution in [0.15, 0.2) is 18.3 Å². The van der Waals surface area contributed by atoms with E-state index >= 15 is 0 Å². The van der Waals surface area contributed by atoms with E-state index in [-0.39, 0.29) is 0 Å². The van der Waals surface area contributed by atoms with Crippen molar-refractivity contribution in [2.45, 2.75) is 19.4 Å². The molecule has 0 radical (unpaired) electrons. The number of pyridine rings is 1. The van der Waals surface area contributed by atoms with Gasteiger partial charge in [-0.2, -0.15) is 0 Å². The highest BCUT2D eigenvalue weighted by Gasteiger charge is 2.14. The molecular formula is C10H14N2O. The maximum atomic E-state index is 5.27. The molecule has 0 aromatic carbocycles. The number of hydrogen-bond acceptors (Lipinski definition) is 3. The summed E-state index contributed by atoms with van der Waals surface area (Å²) in [6, 6.07) is 4.53. The van der Waals surface area contributed by atoms with Gasteiger partial charge in [0, 0.05) is 12.3 Å². The second-order valence-electron chi connectivity index (χ2n) is 3.39. The van der Waals surface area contributed by atoms with Crippen molar-refractivity contribution in [2.24, 2.45) is 0 Å². The molecule has 0 aliphatic carbocycles. The average molecular weight is 178 g/mol. The minimum atomic E-state index is 0.463. The Morgan fingerprint density at radius 2 is 2.46 bits per heavy atom. The molecule has 1 unspecified atom stereocenters. The summed E-state index contributed by atoms with van der Waals surface area (Å²) in [5, 5.41) is 3.38. The molecule has 1 atom stereocenters. The van der Waals surface area contributed by atoms with Crippen molar-refractivity contribution in [1.29, 1.82) is 0 Å². The molecule has 1 N–H and O–H groups in total. The molecular weight excluding hydrogens is 164 g/mol. The molecule has 0 bridgehead atoms. The third-order valence-electron chi connectivity index (χ3n) is 2.21. The minimum absolute atomic E-state index is 0.463. The zero-order chi connectivity index (χ0) is 9.10. The summed E-state index contributed by atoms with van der Waals surface area (Å²) in [5.74, 6) is 0. The van der Waals surface area contributed by atoms with E-state index in [0.717, 1.165) is 31.0 Å². The lowest BCUT2D eigenvalue weighted by Crippen LogP contribution is -2.18. The zero-order valence-electron chi connectivity index (χ0n) is 7.79. The van der Waals surface area contributed by atoms with Crippen LogP contribution in [0.3, 0.4) is 0 Å². The first-order valence-corrected chi connectivity index (χ1v) is 4.61. The Morgan fingerprint density at radius 3 is 3.08 bits per heavy atom. The number of nitrogens with zero attached hydrogens (tertiary/aromatic N) is 1. The quantitative estimate of drug-likeness (QED) is 0.746. The van der Waals surface area contributed by atoms with E-state index < -0.39 is 0 Å². The summed E-state index contributed by atoms with van der Waals surface area (Å²) < 4.78 is 5.27. The van der Waals surface area contributed by atoms with Crippen molar-refractivity contribution in [3.05, 3.63) is 24.0 Å². The number of hydrogen-bond donors (Lipinski definition) is 1. The van der Waals surface area contributed by atoms with Crippen LogP contribution < -0.4 is 5.32 Å². The van der Waals surface area contributed by atoms with E-state index in [4.69, 9.17) is 4.74 Å². The third kappa shape index (κ3) is 2.18. The standard InChI is InChI=1S/C10H14N2O/c1-8-2-3-9(6-11-8)12-10-4-5-13-7-10/h2-3,6,10,12H,4-5,7H2,1H3. The SMILES string of the molecule is Cc1ccc(NC2CCOC2)cn1. The van der Waals surface area contributed by atoms with E-state index in [0.29, 0.717) is 6.04 Å². The van der Waals surface area contributed by atoms with Crippen molar-refractivity contribution in [3.8, 4) is 0 Å². The van der Waals surface area contributed by atoms with Gasteiger partial charge in [0.2, 0.25) is 0 Å². The minimum Gasteiger partial charge on any atom is -0.379 e. The van der Waals surface area contributed by atoms with Crippen molar-refractivity contribution < 1.29 is 4.74 Å². The van der Waals surface area contributed by atoms with Gasteiger partial charge < -0.3 is 10.1 Å². The molecule has 2 heterocycles. The first kappa shape index (κ1) is 8.51. The fraction of sp³-hybridized carbons (Fsp3) is 0.500. The number of rotatable bonds is 2. The van der Waals surface area contributed by atoms with Gasteiger partial charge >= 0.3 is 0 Å². The van der Waals surface area contributed by atoms with Crippen LogP contribution in [-0.2, 0) is 4.74 Å². The van der Waals surface area contributed by atoms with Crippen LogP contribution in [0.5, 0.6) is 0 Å². The lowest BCUT2D eigenvalue weighted by Gasteiger charge is -2.11. The van der Waals surface area contributed by atoms with Crippen molar-refractivity contribution >= 4 is 5.69 Å². The van der Waals surface area contributed by atoms with Crippen molar-refractivity contribution in [3.63, 3.8) is 0 Å². The molecule has 3 heteroatoms. The van der Waals surface area contributed by atoms with Crippen molar-refractivity contribution in [1.82, 2.24) is 4.98 Å². The second-order valence-corrected chi connectivity index (χ2v) is 3.39. The van der Waals surface area contributed by atoms with Crippen LogP contribution in [0.1, 0.15) is 12.1 Å². The van der Waals surface area contributed by atoms with Gasteiger partial charge in [0.05, 0.1) is 24.5 Å². The largest absolute Gasteiger partial charge is 0.379 e. The van der Waals surface area contributed by atoms with Crippen LogP contribution in [-0.4, -0.2) is 24.2 Å². The molecule has 0 amide bonds. The number of aromatic nitrogens is 1. The predicted octanol–water partition coefficient (Wildman–Crippen LogP) is 1.59. The number of aryl methyl sites for hydroxylation is 1. The molecule has 0 saturated carbocycles. The highest BCUT2D eigenvalue weighted by Crippen LogP contribution is 2.12. The highest BCUT2D eigenvalue weighted by atomic mass is 16.5. The lowest BCUT2D eigenvalue weighted by molar-refractivity contribution is 0.195. The van der Waals surface area contributed by atoms with Gasteiger partial charge in [-0.15, -0.1) is 0 Å². The molecule has 3 nitrogen and oxygen atoms in total. The summed E-state index contributed by atoms with van der Waals surface area (Å²) in [6.45, 7) is 3.67. The molecule has 1 aliphatic heterocycles. The van der Waals surface area contributed by atoms with Crippen LogP contribution in [0.4, 0.5) is 5.69 Å². The Kier molecular flexibility index (Phi) is 2.45. The van der Waals surface area contributed by atoms with Gasteiger partial charge in [-0.05, 0) is 25.5 Å². The van der Waals surface area contributed by atoms with Crippen LogP contribution in [0.2, 0.25) is 0 Å². The summed E-state index contributed by atoms with van der Waals surface area (Å²) in [7, 11) is 0. The van der Waals surface area contributed by atoms with Gasteiger partial charge in [-0.1, -0.05) is 0 Å². The molecule has 2 rings (SSSR count). The number of anilines is 1. The van der Waals surface area contributed by atoms with Crippen LogP contribution >= 0.6 is 0 Å². The molecule has 1 aliphatic rings. The van der Waals surface area contributed by atoms with E-state index in [1.54, 1.807) is 0 Å². The number of ether oxygens (including phenoxy) is 1. The lowest BCUT2D eigenvalue weighted by atomic mass is 10.2. The predicted molar refractivity (Wildman–Crippen MR) is 51.8 cm³/mol. The van der Waals surface area contributed by atoms with Crippen molar-refractivity contribution in [2.75, 3.05) is 18.5 Å². The van der Waals surface area contributed by atoms with Gasteiger partial charge in [0.1, 0.15) is 0 Å². The molecule has 1 aromatic heterocycles. The maximum absolute atomic E-state index is 5.27. The Morgan fingerprint density at radius 1 is 1.54 bits per heavy atom. The smallest absolute Gasteiger partial charge is 0.0668 e. The van der Waals surface area contributed by atoms with Gasteiger partial charge in [-0.25, -0.2) is 0 Å². The van der Waals surface area contributed by atoms with Crippen LogP contribution in [0.25, 0.3) is 0 Å². The summed E-state index contributed by atoms with van der Waals surface area (Å²) >= 11 is 0.